The summed E-state index contributed by atoms with van der Waals surface area (Å²) in [6.45, 7) is 3.70. The van der Waals surface area contributed by atoms with Gasteiger partial charge in [-0.25, -0.2) is 8.42 Å². The fraction of sp³-hybridized carbons (Fsp3) is 0.450. The summed E-state index contributed by atoms with van der Waals surface area (Å²) < 4.78 is 28.3. The van der Waals surface area contributed by atoms with Crippen molar-refractivity contribution in [3.8, 4) is 0 Å². The molecule has 5 nitrogen and oxygen atoms in total. The molecule has 1 saturated carbocycles. The number of nitrogens with one attached hydrogen (secondary N) is 2. The van der Waals surface area contributed by atoms with Gasteiger partial charge in [0.25, 0.3) is 0 Å². The molecule has 0 spiro atoms. The van der Waals surface area contributed by atoms with Crippen LogP contribution in [-0.4, -0.2) is 26.4 Å². The van der Waals surface area contributed by atoms with E-state index in [4.69, 9.17) is 0 Å². The number of hydrogen-bond donors (Lipinski definition) is 2. The second kappa shape index (κ2) is 7.76. The Morgan fingerprint density at radius 2 is 1.69 bits per heavy atom. The number of carbonyl (C=O) groups is 1. The summed E-state index contributed by atoms with van der Waals surface area (Å²) >= 11 is 0. The molecule has 1 aliphatic rings. The zero-order valence-corrected chi connectivity index (χ0v) is 16.1. The van der Waals surface area contributed by atoms with Gasteiger partial charge in [-0.2, -0.15) is 4.72 Å². The van der Waals surface area contributed by atoms with E-state index in [1.54, 1.807) is 18.2 Å². The van der Waals surface area contributed by atoms with E-state index in [9.17, 15) is 13.2 Å². The lowest BCUT2D eigenvalue weighted by atomic mass is 10.0. The van der Waals surface area contributed by atoms with E-state index in [2.05, 4.69) is 10.0 Å². The highest BCUT2D eigenvalue weighted by Gasteiger charge is 2.30. The standard InChI is InChI=1S/C20H26N2O3S/c1-14(2)19(20(23)21-17-9-5-6-10-17)22-26(24,25)18-12-11-15-7-3-4-8-16(15)13-18/h3-4,7-8,11-14,17,19,22H,5-6,9-10H2,1-2H3,(H,21,23). The summed E-state index contributed by atoms with van der Waals surface area (Å²) in [5.74, 6) is -0.386. The molecule has 0 heterocycles. The molecular weight excluding hydrogens is 348 g/mol. The van der Waals surface area contributed by atoms with Crippen LogP contribution in [0.4, 0.5) is 0 Å². The highest BCUT2D eigenvalue weighted by Crippen LogP contribution is 2.21. The molecule has 1 atom stereocenters. The molecule has 2 N–H and O–H groups in total. The van der Waals surface area contributed by atoms with Crippen molar-refractivity contribution in [1.82, 2.24) is 10.0 Å². The molecule has 1 unspecified atom stereocenters. The quantitative estimate of drug-likeness (QED) is 0.815. The maximum atomic E-state index is 12.8. The first-order valence-corrected chi connectivity index (χ1v) is 10.7. The molecule has 140 valence electrons. The Kier molecular flexibility index (Phi) is 5.63. The summed E-state index contributed by atoms with van der Waals surface area (Å²) in [5.41, 5.74) is 0. The number of rotatable bonds is 6. The predicted octanol–water partition coefficient (Wildman–Crippen LogP) is 3.20. The molecule has 0 radical (unpaired) electrons. The smallest absolute Gasteiger partial charge is 0.241 e. The summed E-state index contributed by atoms with van der Waals surface area (Å²) in [6.07, 6.45) is 4.15. The molecule has 6 heteroatoms. The van der Waals surface area contributed by atoms with E-state index >= 15 is 0 Å². The molecule has 0 saturated heterocycles. The van der Waals surface area contributed by atoms with Gasteiger partial charge in [0.2, 0.25) is 15.9 Å². The third kappa shape index (κ3) is 4.24. The van der Waals surface area contributed by atoms with Gasteiger partial charge in [-0.05, 0) is 41.7 Å². The molecule has 1 amide bonds. The van der Waals surface area contributed by atoms with Gasteiger partial charge in [-0.15, -0.1) is 0 Å². The van der Waals surface area contributed by atoms with Crippen LogP contribution < -0.4 is 10.0 Å². The SMILES string of the molecule is CC(C)C(NS(=O)(=O)c1ccc2ccccc2c1)C(=O)NC1CCCC1. The minimum absolute atomic E-state index is 0.147. The Balaban J connectivity index is 1.80. The highest BCUT2D eigenvalue weighted by molar-refractivity contribution is 7.89. The fourth-order valence-electron chi connectivity index (χ4n) is 3.42. The first-order valence-electron chi connectivity index (χ1n) is 9.18. The lowest BCUT2D eigenvalue weighted by molar-refractivity contribution is -0.124. The molecule has 0 bridgehead atoms. The summed E-state index contributed by atoms with van der Waals surface area (Å²) in [6, 6.07) is 12.0. The van der Waals surface area contributed by atoms with Crippen LogP contribution in [0, 0.1) is 5.92 Å². The van der Waals surface area contributed by atoms with Crippen LogP contribution in [0.25, 0.3) is 10.8 Å². The van der Waals surface area contributed by atoms with Crippen molar-refractivity contribution in [2.45, 2.75) is 56.5 Å². The molecule has 3 rings (SSSR count). The van der Waals surface area contributed by atoms with Gasteiger partial charge in [0.15, 0.2) is 0 Å². The van der Waals surface area contributed by atoms with Crippen molar-refractivity contribution in [2.75, 3.05) is 0 Å². The first-order chi connectivity index (χ1) is 12.4. The lowest BCUT2D eigenvalue weighted by Crippen LogP contribution is -2.51. The highest BCUT2D eigenvalue weighted by atomic mass is 32.2. The normalized spacial score (nSPS) is 16.9. The zero-order valence-electron chi connectivity index (χ0n) is 15.2. The average Bonchev–Trinajstić information content (AvgIpc) is 3.12. The van der Waals surface area contributed by atoms with Gasteiger partial charge >= 0.3 is 0 Å². The third-order valence-electron chi connectivity index (χ3n) is 4.96. The van der Waals surface area contributed by atoms with E-state index in [-0.39, 0.29) is 22.8 Å². The Bertz CT molecular complexity index is 887. The van der Waals surface area contributed by atoms with E-state index in [0.29, 0.717) is 0 Å². The van der Waals surface area contributed by atoms with Crippen LogP contribution in [0.3, 0.4) is 0 Å². The second-order valence-corrected chi connectivity index (χ2v) is 9.06. The van der Waals surface area contributed by atoms with Crippen LogP contribution in [0.15, 0.2) is 47.4 Å². The molecule has 0 aliphatic heterocycles. The van der Waals surface area contributed by atoms with Gasteiger partial charge in [-0.3, -0.25) is 4.79 Å². The molecule has 26 heavy (non-hydrogen) atoms. The van der Waals surface area contributed by atoms with Gasteiger partial charge in [0, 0.05) is 6.04 Å². The number of carbonyl (C=O) groups excluding carboxylic acids is 1. The van der Waals surface area contributed by atoms with Crippen molar-refractivity contribution < 1.29 is 13.2 Å². The van der Waals surface area contributed by atoms with E-state index < -0.39 is 16.1 Å². The van der Waals surface area contributed by atoms with Gasteiger partial charge in [0.1, 0.15) is 6.04 Å². The summed E-state index contributed by atoms with van der Waals surface area (Å²) in [4.78, 5) is 12.8. The van der Waals surface area contributed by atoms with Gasteiger partial charge in [-0.1, -0.05) is 57.0 Å². The predicted molar refractivity (Wildman–Crippen MR) is 103 cm³/mol. The largest absolute Gasteiger partial charge is 0.352 e. The molecule has 1 aliphatic carbocycles. The number of fused-ring (bicyclic) bond motifs is 1. The van der Waals surface area contributed by atoms with Crippen LogP contribution in [0.5, 0.6) is 0 Å². The first kappa shape index (κ1) is 18.9. The number of benzene rings is 2. The van der Waals surface area contributed by atoms with E-state index in [1.807, 2.05) is 38.1 Å². The van der Waals surface area contributed by atoms with Crippen LogP contribution >= 0.6 is 0 Å². The molecule has 1 fully saturated rings. The van der Waals surface area contributed by atoms with Crippen LogP contribution in [0.2, 0.25) is 0 Å². The van der Waals surface area contributed by atoms with Gasteiger partial charge < -0.3 is 5.32 Å². The Hall–Kier alpha value is -1.92. The molecule has 2 aromatic carbocycles. The Morgan fingerprint density at radius 1 is 1.04 bits per heavy atom. The van der Waals surface area contributed by atoms with Crippen molar-refractivity contribution in [3.05, 3.63) is 42.5 Å². The van der Waals surface area contributed by atoms with Crippen LogP contribution in [0.1, 0.15) is 39.5 Å². The second-order valence-electron chi connectivity index (χ2n) is 7.34. The number of hydrogen-bond acceptors (Lipinski definition) is 3. The maximum Gasteiger partial charge on any atom is 0.241 e. The topological polar surface area (TPSA) is 75.3 Å². The fourth-order valence-corrected chi connectivity index (χ4v) is 4.80. The van der Waals surface area contributed by atoms with Crippen molar-refractivity contribution in [2.24, 2.45) is 5.92 Å². The van der Waals surface area contributed by atoms with E-state index in [1.165, 1.54) is 0 Å². The number of sulfonamides is 1. The van der Waals surface area contributed by atoms with E-state index in [0.717, 1.165) is 36.5 Å². The minimum atomic E-state index is -3.79. The molecule has 0 aromatic heterocycles. The molecular formula is C20H26N2O3S. The monoisotopic (exact) mass is 374 g/mol. The van der Waals surface area contributed by atoms with Crippen LogP contribution in [-0.2, 0) is 14.8 Å². The Morgan fingerprint density at radius 3 is 2.35 bits per heavy atom. The average molecular weight is 375 g/mol. The summed E-state index contributed by atoms with van der Waals surface area (Å²) in [7, 11) is -3.79. The van der Waals surface area contributed by atoms with Gasteiger partial charge in [0.05, 0.1) is 4.90 Å². The van der Waals surface area contributed by atoms with Crippen molar-refractivity contribution in [1.29, 1.82) is 0 Å². The van der Waals surface area contributed by atoms with Crippen molar-refractivity contribution >= 4 is 26.7 Å². The third-order valence-corrected chi connectivity index (χ3v) is 6.40. The van der Waals surface area contributed by atoms with Crippen molar-refractivity contribution in [3.63, 3.8) is 0 Å². The lowest BCUT2D eigenvalue weighted by Gasteiger charge is -2.23. The Labute approximate surface area is 155 Å². The number of amides is 1. The zero-order chi connectivity index (χ0) is 18.7. The molecule has 2 aromatic rings. The summed E-state index contributed by atoms with van der Waals surface area (Å²) in [5, 5.41) is 4.83. The maximum absolute atomic E-state index is 12.8. The minimum Gasteiger partial charge on any atom is -0.352 e.